The molecule has 5 nitrogen and oxygen atoms in total. The van der Waals surface area contributed by atoms with Crippen LogP contribution in [0, 0.1) is 5.92 Å². The molecule has 0 spiro atoms. The molecular weight excluding hydrogens is 290 g/mol. The van der Waals surface area contributed by atoms with Crippen molar-refractivity contribution < 1.29 is 9.53 Å². The minimum Gasteiger partial charge on any atom is -0.465 e. The van der Waals surface area contributed by atoms with Gasteiger partial charge < -0.3 is 10.1 Å². The summed E-state index contributed by atoms with van der Waals surface area (Å²) in [6.45, 7) is 4.30. The Morgan fingerprint density at radius 3 is 3.05 bits per heavy atom. The number of nitrogens with zero attached hydrogens (tertiary/aromatic N) is 2. The number of esters is 1. The maximum atomic E-state index is 11.4. The van der Waals surface area contributed by atoms with Crippen LogP contribution < -0.4 is 5.32 Å². The van der Waals surface area contributed by atoms with Gasteiger partial charge in [0, 0.05) is 31.9 Å². The third-order valence-corrected chi connectivity index (χ3v) is 4.37. The molecule has 21 heavy (non-hydrogen) atoms. The number of likely N-dealkylation sites (tertiary alicyclic amines) is 1. The van der Waals surface area contributed by atoms with Crippen LogP contribution in [0.5, 0.6) is 0 Å². The molecule has 0 amide bonds. The highest BCUT2D eigenvalue weighted by Crippen LogP contribution is 2.25. The Labute approximate surface area is 131 Å². The van der Waals surface area contributed by atoms with Crippen molar-refractivity contribution in [3.05, 3.63) is 29.6 Å². The SMILES string of the molecule is COC(=O)c1ccc(CN2CCC3NCCC3C2)nc1.Cl. The average molecular weight is 312 g/mol. The molecular formula is C15H22ClN3O2. The van der Waals surface area contributed by atoms with E-state index >= 15 is 0 Å². The fraction of sp³-hybridized carbons (Fsp3) is 0.600. The molecule has 2 aliphatic heterocycles. The van der Waals surface area contributed by atoms with E-state index in [4.69, 9.17) is 0 Å². The van der Waals surface area contributed by atoms with E-state index in [2.05, 4.69) is 19.9 Å². The van der Waals surface area contributed by atoms with Crippen molar-refractivity contribution in [2.45, 2.75) is 25.4 Å². The van der Waals surface area contributed by atoms with E-state index in [1.165, 1.54) is 20.0 Å². The van der Waals surface area contributed by atoms with Crippen LogP contribution in [0.3, 0.4) is 0 Å². The zero-order valence-corrected chi connectivity index (χ0v) is 13.1. The van der Waals surface area contributed by atoms with Gasteiger partial charge in [-0.3, -0.25) is 9.88 Å². The summed E-state index contributed by atoms with van der Waals surface area (Å²) >= 11 is 0. The van der Waals surface area contributed by atoms with E-state index in [-0.39, 0.29) is 18.4 Å². The lowest BCUT2D eigenvalue weighted by atomic mass is 9.93. The smallest absolute Gasteiger partial charge is 0.339 e. The summed E-state index contributed by atoms with van der Waals surface area (Å²) in [5, 5.41) is 3.58. The zero-order chi connectivity index (χ0) is 13.9. The van der Waals surface area contributed by atoms with Crippen LogP contribution in [0.25, 0.3) is 0 Å². The number of aromatic nitrogens is 1. The van der Waals surface area contributed by atoms with Gasteiger partial charge in [0.2, 0.25) is 0 Å². The highest BCUT2D eigenvalue weighted by Gasteiger charge is 2.32. The number of pyridine rings is 1. The second kappa shape index (κ2) is 7.20. The van der Waals surface area contributed by atoms with Crippen molar-refractivity contribution in [2.75, 3.05) is 26.7 Å². The monoisotopic (exact) mass is 311 g/mol. The Morgan fingerprint density at radius 2 is 2.33 bits per heavy atom. The van der Waals surface area contributed by atoms with E-state index in [9.17, 15) is 4.79 Å². The summed E-state index contributed by atoms with van der Waals surface area (Å²) in [6.07, 6.45) is 4.12. The van der Waals surface area contributed by atoms with E-state index in [0.29, 0.717) is 5.56 Å². The molecule has 0 radical (unpaired) electrons. The number of ether oxygens (including phenoxy) is 1. The van der Waals surface area contributed by atoms with E-state index in [1.807, 2.05) is 6.07 Å². The Balaban J connectivity index is 0.00000161. The van der Waals surface area contributed by atoms with Gasteiger partial charge in [0.25, 0.3) is 0 Å². The topological polar surface area (TPSA) is 54.5 Å². The lowest BCUT2D eigenvalue weighted by Gasteiger charge is -2.34. The Bertz CT molecular complexity index is 480. The van der Waals surface area contributed by atoms with Crippen molar-refractivity contribution in [2.24, 2.45) is 5.92 Å². The number of nitrogens with one attached hydrogen (secondary N) is 1. The molecule has 2 atom stereocenters. The number of hydrogen-bond donors (Lipinski definition) is 1. The molecule has 2 fully saturated rings. The molecule has 0 saturated carbocycles. The molecule has 0 aromatic carbocycles. The summed E-state index contributed by atoms with van der Waals surface area (Å²) in [5.74, 6) is 0.458. The summed E-state index contributed by atoms with van der Waals surface area (Å²) in [4.78, 5) is 18.2. The van der Waals surface area contributed by atoms with Crippen LogP contribution in [-0.2, 0) is 11.3 Å². The summed E-state index contributed by atoms with van der Waals surface area (Å²) in [6, 6.07) is 4.43. The molecule has 3 rings (SSSR count). The van der Waals surface area contributed by atoms with Crippen molar-refractivity contribution >= 4 is 18.4 Å². The van der Waals surface area contributed by atoms with E-state index < -0.39 is 0 Å². The lowest BCUT2D eigenvalue weighted by molar-refractivity contribution is 0.0600. The second-order valence-electron chi connectivity index (χ2n) is 5.66. The minimum atomic E-state index is -0.332. The largest absolute Gasteiger partial charge is 0.465 e. The number of carbonyl (C=O) groups excluding carboxylic acids is 1. The fourth-order valence-corrected chi connectivity index (χ4v) is 3.25. The molecule has 3 heterocycles. The van der Waals surface area contributed by atoms with Gasteiger partial charge in [-0.05, 0) is 37.4 Å². The fourth-order valence-electron chi connectivity index (χ4n) is 3.25. The quantitative estimate of drug-likeness (QED) is 0.857. The lowest BCUT2D eigenvalue weighted by Crippen LogP contribution is -2.44. The standard InChI is InChI=1S/C15H21N3O2.ClH/c1-20-15(19)11-2-3-13(17-8-11)10-18-7-5-14-12(9-18)4-6-16-14;/h2-3,8,12,14,16H,4-7,9-10H2,1H3;1H. The number of fused-ring (bicyclic) bond motifs is 1. The van der Waals surface area contributed by atoms with Gasteiger partial charge in [-0.2, -0.15) is 0 Å². The van der Waals surface area contributed by atoms with Gasteiger partial charge in [0.1, 0.15) is 0 Å². The van der Waals surface area contributed by atoms with E-state index in [0.717, 1.165) is 43.8 Å². The molecule has 1 N–H and O–H groups in total. The van der Waals surface area contributed by atoms with Gasteiger partial charge in [0.15, 0.2) is 0 Å². The molecule has 6 heteroatoms. The van der Waals surface area contributed by atoms with Crippen LogP contribution in [0.15, 0.2) is 18.3 Å². The third kappa shape index (κ3) is 3.73. The van der Waals surface area contributed by atoms with E-state index in [1.54, 1.807) is 12.3 Å². The van der Waals surface area contributed by atoms with Gasteiger partial charge in [-0.25, -0.2) is 4.79 Å². The maximum absolute atomic E-state index is 11.4. The minimum absolute atomic E-state index is 0. The van der Waals surface area contributed by atoms with Crippen LogP contribution in [0.4, 0.5) is 0 Å². The molecule has 1 aromatic heterocycles. The number of rotatable bonds is 3. The van der Waals surface area contributed by atoms with Crippen LogP contribution in [0.1, 0.15) is 28.9 Å². The van der Waals surface area contributed by atoms with Crippen molar-refractivity contribution in [3.8, 4) is 0 Å². The molecule has 116 valence electrons. The predicted octanol–water partition coefficient (Wildman–Crippen LogP) is 1.47. The first-order valence-electron chi connectivity index (χ1n) is 7.25. The first kappa shape index (κ1) is 16.2. The average Bonchev–Trinajstić information content (AvgIpc) is 2.95. The summed E-state index contributed by atoms with van der Waals surface area (Å²) in [5.41, 5.74) is 1.53. The first-order valence-corrected chi connectivity index (χ1v) is 7.25. The number of piperidine rings is 1. The number of hydrogen-bond acceptors (Lipinski definition) is 5. The number of halogens is 1. The second-order valence-corrected chi connectivity index (χ2v) is 5.66. The van der Waals surface area contributed by atoms with Gasteiger partial charge in [-0.1, -0.05) is 0 Å². The Morgan fingerprint density at radius 1 is 1.48 bits per heavy atom. The van der Waals surface area contributed by atoms with Gasteiger partial charge in [0.05, 0.1) is 18.4 Å². The van der Waals surface area contributed by atoms with Crippen LogP contribution >= 0.6 is 12.4 Å². The molecule has 2 unspecified atom stereocenters. The van der Waals surface area contributed by atoms with Gasteiger partial charge >= 0.3 is 5.97 Å². The zero-order valence-electron chi connectivity index (χ0n) is 12.2. The number of methoxy groups -OCH3 is 1. The van der Waals surface area contributed by atoms with Crippen LogP contribution in [-0.4, -0.2) is 48.6 Å². The van der Waals surface area contributed by atoms with Crippen LogP contribution in [0.2, 0.25) is 0 Å². The van der Waals surface area contributed by atoms with Crippen molar-refractivity contribution in [3.63, 3.8) is 0 Å². The van der Waals surface area contributed by atoms with Gasteiger partial charge in [-0.15, -0.1) is 12.4 Å². The molecule has 1 aromatic rings. The Hall–Kier alpha value is -1.17. The number of carbonyl (C=O) groups is 1. The predicted molar refractivity (Wildman–Crippen MR) is 82.6 cm³/mol. The third-order valence-electron chi connectivity index (χ3n) is 4.37. The molecule has 2 saturated heterocycles. The molecule has 0 aliphatic carbocycles. The summed E-state index contributed by atoms with van der Waals surface area (Å²) < 4.78 is 4.68. The van der Waals surface area contributed by atoms with Crippen molar-refractivity contribution in [1.82, 2.24) is 15.2 Å². The highest BCUT2D eigenvalue weighted by atomic mass is 35.5. The Kier molecular flexibility index (Phi) is 5.56. The molecule has 2 aliphatic rings. The maximum Gasteiger partial charge on any atom is 0.339 e. The van der Waals surface area contributed by atoms with Crippen molar-refractivity contribution in [1.29, 1.82) is 0 Å². The normalized spacial score (nSPS) is 25.0. The first-order chi connectivity index (χ1) is 9.76. The molecule has 0 bridgehead atoms. The summed E-state index contributed by atoms with van der Waals surface area (Å²) in [7, 11) is 1.38. The highest BCUT2D eigenvalue weighted by molar-refractivity contribution is 5.88.